The number of hydrogen-bond donors (Lipinski definition) is 2. The second kappa shape index (κ2) is 10.3. The number of nitrogens with one attached hydrogen (secondary N) is 2. The minimum Gasteiger partial charge on any atom is -0.332 e. The molecule has 0 atom stereocenters. The van der Waals surface area contributed by atoms with E-state index < -0.39 is 0 Å². The maximum atomic E-state index is 13.4. The lowest BCUT2D eigenvalue weighted by Gasteiger charge is -2.14. The number of nitrogens with zero attached hydrogens (tertiary/aromatic N) is 1. The first kappa shape index (κ1) is 24.3. The van der Waals surface area contributed by atoms with E-state index in [2.05, 4.69) is 42.7 Å². The zero-order valence-electron chi connectivity index (χ0n) is 20.6. The van der Waals surface area contributed by atoms with E-state index in [1.165, 1.54) is 0 Å². The monoisotopic (exact) mass is 507 g/mol. The number of hydrogen-bond acceptors (Lipinski definition) is 2. The molecule has 5 nitrogen and oxygen atoms in total. The van der Waals surface area contributed by atoms with Gasteiger partial charge in [-0.1, -0.05) is 65.7 Å². The van der Waals surface area contributed by atoms with Crippen LogP contribution in [0, 0.1) is 13.8 Å². The van der Waals surface area contributed by atoms with Crippen LogP contribution in [0.15, 0.2) is 97.1 Å². The molecule has 1 heterocycles. The van der Waals surface area contributed by atoms with Gasteiger partial charge < -0.3 is 15.2 Å². The molecule has 5 rings (SSSR count). The number of aromatic nitrogens is 1. The molecule has 1 aromatic heterocycles. The summed E-state index contributed by atoms with van der Waals surface area (Å²) in [5.74, 6) is -0.490. The molecule has 0 aliphatic carbocycles. The quantitative estimate of drug-likeness (QED) is 0.250. The molecular weight excluding hydrogens is 482 g/mol. The normalized spacial score (nSPS) is 10.9. The Balaban J connectivity index is 1.53. The second-order valence-electron chi connectivity index (χ2n) is 9.07. The molecule has 0 saturated carbocycles. The Morgan fingerprint density at radius 1 is 0.757 bits per heavy atom. The van der Waals surface area contributed by atoms with Crippen molar-refractivity contribution in [2.45, 2.75) is 20.4 Å². The maximum absolute atomic E-state index is 13.4. The predicted octanol–water partition coefficient (Wildman–Crippen LogP) is 7.46. The fourth-order valence-electron chi connectivity index (χ4n) is 4.41. The Morgan fingerprint density at radius 2 is 1.49 bits per heavy atom. The standard InChI is InChI=1S/C31H26ClN3O2/c1-20-12-13-21(2)23(16-20)19-35-28-15-14-25(34-30(36)26-10-6-7-11-27(26)32)17-22(28)18-29(35)31(37)33-24-8-4-3-5-9-24/h3-18H,19H2,1-2H3,(H,33,37)(H,34,36). The molecule has 0 aliphatic heterocycles. The molecule has 2 amide bonds. The summed E-state index contributed by atoms with van der Waals surface area (Å²) in [4.78, 5) is 26.2. The molecule has 5 aromatic rings. The molecule has 6 heteroatoms. The van der Waals surface area contributed by atoms with Crippen LogP contribution in [0.2, 0.25) is 5.02 Å². The van der Waals surface area contributed by atoms with E-state index in [9.17, 15) is 9.59 Å². The van der Waals surface area contributed by atoms with Crippen LogP contribution in [-0.4, -0.2) is 16.4 Å². The smallest absolute Gasteiger partial charge is 0.272 e. The summed E-state index contributed by atoms with van der Waals surface area (Å²) in [6.45, 7) is 4.68. The molecule has 2 N–H and O–H groups in total. The highest BCUT2D eigenvalue weighted by Gasteiger charge is 2.18. The Labute approximate surface area is 220 Å². The Hall–Kier alpha value is -4.35. The lowest BCUT2D eigenvalue weighted by Crippen LogP contribution is -2.17. The van der Waals surface area contributed by atoms with Gasteiger partial charge in [-0.05, 0) is 73.5 Å². The van der Waals surface area contributed by atoms with Crippen LogP contribution >= 0.6 is 11.6 Å². The van der Waals surface area contributed by atoms with Crippen LogP contribution in [0.5, 0.6) is 0 Å². The fourth-order valence-corrected chi connectivity index (χ4v) is 4.63. The van der Waals surface area contributed by atoms with E-state index in [-0.39, 0.29) is 11.8 Å². The molecule has 0 fully saturated rings. The van der Waals surface area contributed by atoms with E-state index in [4.69, 9.17) is 11.6 Å². The van der Waals surface area contributed by atoms with Gasteiger partial charge in [0.15, 0.2) is 0 Å². The fraction of sp³-hybridized carbons (Fsp3) is 0.0968. The van der Waals surface area contributed by atoms with Crippen molar-refractivity contribution in [2.75, 3.05) is 10.6 Å². The lowest BCUT2D eigenvalue weighted by molar-refractivity contribution is 0.101. The van der Waals surface area contributed by atoms with Crippen LogP contribution in [0.3, 0.4) is 0 Å². The van der Waals surface area contributed by atoms with Crippen molar-refractivity contribution in [3.05, 3.63) is 130 Å². The predicted molar refractivity (Wildman–Crippen MR) is 151 cm³/mol. The Kier molecular flexibility index (Phi) is 6.80. The van der Waals surface area contributed by atoms with Gasteiger partial charge in [0.2, 0.25) is 0 Å². The minimum absolute atomic E-state index is 0.200. The van der Waals surface area contributed by atoms with Gasteiger partial charge in [0.05, 0.1) is 10.6 Å². The van der Waals surface area contributed by atoms with Gasteiger partial charge in [-0.15, -0.1) is 0 Å². The third-order valence-electron chi connectivity index (χ3n) is 6.38. The van der Waals surface area contributed by atoms with Crippen molar-refractivity contribution < 1.29 is 9.59 Å². The number of anilines is 2. The van der Waals surface area contributed by atoms with Gasteiger partial charge in [0.1, 0.15) is 5.69 Å². The summed E-state index contributed by atoms with van der Waals surface area (Å²) in [7, 11) is 0. The van der Waals surface area contributed by atoms with Crippen LogP contribution in [0.4, 0.5) is 11.4 Å². The largest absolute Gasteiger partial charge is 0.332 e. The van der Waals surface area contributed by atoms with Gasteiger partial charge >= 0.3 is 0 Å². The average Bonchev–Trinajstić information content (AvgIpc) is 3.24. The van der Waals surface area contributed by atoms with Crippen molar-refractivity contribution in [1.82, 2.24) is 4.57 Å². The maximum Gasteiger partial charge on any atom is 0.272 e. The van der Waals surface area contributed by atoms with Crippen molar-refractivity contribution in [3.63, 3.8) is 0 Å². The zero-order valence-corrected chi connectivity index (χ0v) is 21.3. The van der Waals surface area contributed by atoms with Gasteiger partial charge in [-0.25, -0.2) is 0 Å². The molecule has 0 bridgehead atoms. The third-order valence-corrected chi connectivity index (χ3v) is 6.70. The van der Waals surface area contributed by atoms with Crippen molar-refractivity contribution in [1.29, 1.82) is 0 Å². The van der Waals surface area contributed by atoms with E-state index in [0.29, 0.717) is 28.5 Å². The highest BCUT2D eigenvalue weighted by Crippen LogP contribution is 2.27. The number of carbonyl (C=O) groups excluding carboxylic acids is 2. The van der Waals surface area contributed by atoms with Crippen LogP contribution in [0.1, 0.15) is 37.5 Å². The molecular formula is C31H26ClN3O2. The van der Waals surface area contributed by atoms with Crippen molar-refractivity contribution >= 4 is 45.7 Å². The summed E-state index contributed by atoms with van der Waals surface area (Å²) in [6, 6.07) is 30.2. The van der Waals surface area contributed by atoms with E-state index in [0.717, 1.165) is 33.3 Å². The lowest BCUT2D eigenvalue weighted by atomic mass is 10.1. The third kappa shape index (κ3) is 5.27. The average molecular weight is 508 g/mol. The van der Waals surface area contributed by atoms with Crippen LogP contribution < -0.4 is 10.6 Å². The first-order valence-electron chi connectivity index (χ1n) is 12.0. The number of para-hydroxylation sites is 1. The summed E-state index contributed by atoms with van der Waals surface area (Å²) in [5.41, 5.74) is 6.65. The van der Waals surface area contributed by atoms with E-state index in [1.54, 1.807) is 24.3 Å². The number of carbonyl (C=O) groups is 2. The van der Waals surface area contributed by atoms with Gasteiger partial charge in [0.25, 0.3) is 11.8 Å². The van der Waals surface area contributed by atoms with E-state index >= 15 is 0 Å². The highest BCUT2D eigenvalue weighted by molar-refractivity contribution is 6.34. The summed E-state index contributed by atoms with van der Waals surface area (Å²) < 4.78 is 2.02. The number of halogens is 1. The first-order valence-corrected chi connectivity index (χ1v) is 12.4. The van der Waals surface area contributed by atoms with Crippen LogP contribution in [0.25, 0.3) is 10.9 Å². The van der Waals surface area contributed by atoms with Crippen LogP contribution in [-0.2, 0) is 6.54 Å². The molecule has 0 saturated heterocycles. The van der Waals surface area contributed by atoms with Crippen molar-refractivity contribution in [2.24, 2.45) is 0 Å². The molecule has 37 heavy (non-hydrogen) atoms. The van der Waals surface area contributed by atoms with Crippen molar-refractivity contribution in [3.8, 4) is 0 Å². The SMILES string of the molecule is Cc1ccc(C)c(Cn2c(C(=O)Nc3ccccc3)cc3cc(NC(=O)c4ccccc4Cl)ccc32)c1. The summed E-state index contributed by atoms with van der Waals surface area (Å²) in [5, 5.41) is 7.16. The summed E-state index contributed by atoms with van der Waals surface area (Å²) >= 11 is 6.20. The minimum atomic E-state index is -0.290. The number of aryl methyl sites for hydroxylation is 2. The molecule has 0 aliphatic rings. The van der Waals surface area contributed by atoms with E-state index in [1.807, 2.05) is 59.2 Å². The topological polar surface area (TPSA) is 63.1 Å². The molecule has 184 valence electrons. The van der Waals surface area contributed by atoms with Gasteiger partial charge in [-0.3, -0.25) is 9.59 Å². The zero-order chi connectivity index (χ0) is 25.9. The molecule has 4 aromatic carbocycles. The molecule has 0 spiro atoms. The second-order valence-corrected chi connectivity index (χ2v) is 9.48. The number of benzene rings is 4. The Bertz CT molecular complexity index is 1620. The van der Waals surface area contributed by atoms with Gasteiger partial charge in [0, 0.05) is 28.8 Å². The molecule has 0 unspecified atom stereocenters. The van der Waals surface area contributed by atoms with Gasteiger partial charge in [-0.2, -0.15) is 0 Å². The number of rotatable bonds is 6. The molecule has 0 radical (unpaired) electrons. The highest BCUT2D eigenvalue weighted by atomic mass is 35.5. The number of fused-ring (bicyclic) bond motifs is 1. The Morgan fingerprint density at radius 3 is 2.27 bits per heavy atom. The number of amides is 2. The first-order chi connectivity index (χ1) is 17.9. The summed E-state index contributed by atoms with van der Waals surface area (Å²) in [6.07, 6.45) is 0.